The highest BCUT2D eigenvalue weighted by atomic mass is 16.5. The van der Waals surface area contributed by atoms with Gasteiger partial charge in [-0.05, 0) is 24.3 Å². The SMILES string of the molecule is N#Cc1cccnc1NCCOC(=O)C1=Cc2ccccc2OC1. The number of nitriles is 1. The van der Waals surface area contributed by atoms with Crippen LogP contribution in [0.5, 0.6) is 5.75 Å². The number of para-hydroxylation sites is 1. The summed E-state index contributed by atoms with van der Waals surface area (Å²) in [5.41, 5.74) is 1.79. The van der Waals surface area contributed by atoms with Gasteiger partial charge in [-0.2, -0.15) is 5.26 Å². The van der Waals surface area contributed by atoms with Crippen molar-refractivity contribution in [1.29, 1.82) is 5.26 Å². The standard InChI is InChI=1S/C18H15N3O3/c19-11-14-5-3-7-20-17(14)21-8-9-23-18(22)15-10-13-4-1-2-6-16(13)24-12-15/h1-7,10H,8-9,12H2,(H,20,21). The van der Waals surface area contributed by atoms with Gasteiger partial charge in [-0.25, -0.2) is 9.78 Å². The summed E-state index contributed by atoms with van der Waals surface area (Å²) in [5, 5.41) is 12.0. The van der Waals surface area contributed by atoms with Crippen molar-refractivity contribution in [3.63, 3.8) is 0 Å². The molecule has 120 valence electrons. The van der Waals surface area contributed by atoms with Crippen molar-refractivity contribution in [3.05, 3.63) is 59.3 Å². The fourth-order valence-electron chi connectivity index (χ4n) is 2.28. The lowest BCUT2D eigenvalue weighted by Crippen LogP contribution is -2.20. The van der Waals surface area contributed by atoms with Crippen LogP contribution in [-0.2, 0) is 9.53 Å². The lowest BCUT2D eigenvalue weighted by molar-refractivity contribution is -0.138. The van der Waals surface area contributed by atoms with Gasteiger partial charge < -0.3 is 14.8 Å². The van der Waals surface area contributed by atoms with E-state index < -0.39 is 5.97 Å². The second kappa shape index (κ2) is 7.29. The highest BCUT2D eigenvalue weighted by molar-refractivity contribution is 5.95. The average molecular weight is 321 g/mol. The topological polar surface area (TPSA) is 84.2 Å². The molecule has 1 aromatic heterocycles. The zero-order chi connectivity index (χ0) is 16.8. The third kappa shape index (κ3) is 3.52. The van der Waals surface area contributed by atoms with E-state index in [2.05, 4.69) is 10.3 Å². The van der Waals surface area contributed by atoms with Crippen molar-refractivity contribution in [2.45, 2.75) is 0 Å². The van der Waals surface area contributed by atoms with Crippen LogP contribution in [0.25, 0.3) is 6.08 Å². The van der Waals surface area contributed by atoms with E-state index in [4.69, 9.17) is 14.7 Å². The smallest absolute Gasteiger partial charge is 0.337 e. The Bertz CT molecular complexity index is 824. The van der Waals surface area contributed by atoms with Gasteiger partial charge in [0.2, 0.25) is 0 Å². The summed E-state index contributed by atoms with van der Waals surface area (Å²) < 4.78 is 10.8. The first kappa shape index (κ1) is 15.6. The Morgan fingerprint density at radius 2 is 2.21 bits per heavy atom. The molecule has 0 atom stereocenters. The van der Waals surface area contributed by atoms with Gasteiger partial charge in [-0.3, -0.25) is 0 Å². The van der Waals surface area contributed by atoms with Gasteiger partial charge in [0.15, 0.2) is 0 Å². The van der Waals surface area contributed by atoms with Crippen molar-refractivity contribution in [2.75, 3.05) is 25.1 Å². The number of aromatic nitrogens is 1. The summed E-state index contributed by atoms with van der Waals surface area (Å²) >= 11 is 0. The monoisotopic (exact) mass is 321 g/mol. The van der Waals surface area contributed by atoms with Crippen LogP contribution >= 0.6 is 0 Å². The van der Waals surface area contributed by atoms with Crippen LogP contribution in [0.1, 0.15) is 11.1 Å². The van der Waals surface area contributed by atoms with Crippen molar-refractivity contribution < 1.29 is 14.3 Å². The number of pyridine rings is 1. The largest absolute Gasteiger partial charge is 0.488 e. The second-order valence-electron chi connectivity index (χ2n) is 5.07. The molecule has 0 bridgehead atoms. The number of esters is 1. The normalized spacial score (nSPS) is 12.2. The third-order valence-electron chi connectivity index (χ3n) is 3.45. The van der Waals surface area contributed by atoms with Crippen molar-refractivity contribution in [1.82, 2.24) is 4.98 Å². The van der Waals surface area contributed by atoms with Gasteiger partial charge >= 0.3 is 5.97 Å². The van der Waals surface area contributed by atoms with E-state index in [1.807, 2.05) is 30.3 Å². The molecule has 1 aliphatic rings. The molecule has 24 heavy (non-hydrogen) atoms. The molecule has 1 N–H and O–H groups in total. The Balaban J connectivity index is 1.52. The van der Waals surface area contributed by atoms with Crippen LogP contribution in [0.4, 0.5) is 5.82 Å². The minimum absolute atomic E-state index is 0.166. The van der Waals surface area contributed by atoms with Crippen LogP contribution in [0.2, 0.25) is 0 Å². The van der Waals surface area contributed by atoms with Gasteiger partial charge in [-0.1, -0.05) is 18.2 Å². The van der Waals surface area contributed by atoms with Crippen LogP contribution < -0.4 is 10.1 Å². The number of rotatable bonds is 5. The maximum atomic E-state index is 12.1. The Kier molecular flexibility index (Phi) is 4.73. The summed E-state index contributed by atoms with van der Waals surface area (Å²) in [7, 11) is 0. The summed E-state index contributed by atoms with van der Waals surface area (Å²) in [4.78, 5) is 16.2. The number of ether oxygens (including phenoxy) is 2. The van der Waals surface area contributed by atoms with E-state index in [1.165, 1.54) is 0 Å². The summed E-state index contributed by atoms with van der Waals surface area (Å²) in [6, 6.07) is 12.9. The predicted octanol–water partition coefficient (Wildman–Crippen LogP) is 2.38. The first-order chi connectivity index (χ1) is 11.8. The molecule has 0 radical (unpaired) electrons. The Morgan fingerprint density at radius 3 is 3.08 bits per heavy atom. The summed E-state index contributed by atoms with van der Waals surface area (Å²) in [5.74, 6) is 0.827. The summed E-state index contributed by atoms with van der Waals surface area (Å²) in [6.07, 6.45) is 3.37. The maximum Gasteiger partial charge on any atom is 0.337 e. The first-order valence-electron chi connectivity index (χ1n) is 7.46. The lowest BCUT2D eigenvalue weighted by Gasteiger charge is -2.17. The minimum atomic E-state index is -0.409. The average Bonchev–Trinajstić information content (AvgIpc) is 2.65. The van der Waals surface area contributed by atoms with E-state index in [9.17, 15) is 4.79 Å². The molecule has 0 fully saturated rings. The molecule has 0 unspecified atom stereocenters. The second-order valence-corrected chi connectivity index (χ2v) is 5.07. The molecule has 3 rings (SSSR count). The predicted molar refractivity (Wildman–Crippen MR) is 88.3 cm³/mol. The zero-order valence-corrected chi connectivity index (χ0v) is 12.9. The maximum absolute atomic E-state index is 12.1. The molecule has 2 heterocycles. The van der Waals surface area contributed by atoms with Crippen LogP contribution in [0.15, 0.2) is 48.2 Å². The number of anilines is 1. The van der Waals surface area contributed by atoms with E-state index in [-0.39, 0.29) is 13.2 Å². The third-order valence-corrected chi connectivity index (χ3v) is 3.45. The van der Waals surface area contributed by atoms with Gasteiger partial charge in [0, 0.05) is 11.8 Å². The fourth-order valence-corrected chi connectivity index (χ4v) is 2.28. The van der Waals surface area contributed by atoms with Gasteiger partial charge in [0.1, 0.15) is 30.9 Å². The molecule has 1 aromatic carbocycles. The summed E-state index contributed by atoms with van der Waals surface area (Å²) in [6.45, 7) is 0.726. The van der Waals surface area contributed by atoms with Crippen LogP contribution in [0.3, 0.4) is 0 Å². The van der Waals surface area contributed by atoms with Crippen molar-refractivity contribution in [2.24, 2.45) is 0 Å². The molecule has 6 heteroatoms. The lowest BCUT2D eigenvalue weighted by atomic mass is 10.1. The Hall–Kier alpha value is -3.33. The van der Waals surface area contributed by atoms with Crippen molar-refractivity contribution in [3.8, 4) is 11.8 Å². The molecule has 0 saturated heterocycles. The molecule has 0 amide bonds. The highest BCUT2D eigenvalue weighted by Gasteiger charge is 2.17. The van der Waals surface area contributed by atoms with E-state index in [1.54, 1.807) is 24.4 Å². The van der Waals surface area contributed by atoms with Crippen LogP contribution in [-0.4, -0.2) is 30.7 Å². The van der Waals surface area contributed by atoms with Gasteiger partial charge in [0.05, 0.1) is 17.7 Å². The zero-order valence-electron chi connectivity index (χ0n) is 12.9. The van der Waals surface area contributed by atoms with Crippen molar-refractivity contribution >= 4 is 17.9 Å². The van der Waals surface area contributed by atoms with Gasteiger partial charge in [0.25, 0.3) is 0 Å². The van der Waals surface area contributed by atoms with Crippen LogP contribution in [0, 0.1) is 11.3 Å². The number of carbonyl (C=O) groups excluding carboxylic acids is 1. The molecule has 0 saturated carbocycles. The van der Waals surface area contributed by atoms with Gasteiger partial charge in [-0.15, -0.1) is 0 Å². The van der Waals surface area contributed by atoms with E-state index in [0.29, 0.717) is 23.5 Å². The minimum Gasteiger partial charge on any atom is -0.488 e. The molecule has 6 nitrogen and oxygen atoms in total. The Labute approximate surface area is 139 Å². The molecular formula is C18H15N3O3. The number of nitrogens with zero attached hydrogens (tertiary/aromatic N) is 2. The molecular weight excluding hydrogens is 306 g/mol. The number of hydrogen-bond donors (Lipinski definition) is 1. The Morgan fingerprint density at radius 1 is 1.33 bits per heavy atom. The number of hydrogen-bond acceptors (Lipinski definition) is 6. The van der Waals surface area contributed by atoms with E-state index in [0.717, 1.165) is 11.3 Å². The molecule has 1 aliphatic heterocycles. The molecule has 0 spiro atoms. The molecule has 0 aliphatic carbocycles. The highest BCUT2D eigenvalue weighted by Crippen LogP contribution is 2.26. The number of nitrogens with one attached hydrogen (secondary N) is 1. The molecule has 2 aromatic rings. The number of carbonyl (C=O) groups is 1. The quantitative estimate of drug-likeness (QED) is 0.672. The van der Waals surface area contributed by atoms with E-state index >= 15 is 0 Å². The fraction of sp³-hybridized carbons (Fsp3) is 0.167. The number of benzene rings is 1. The first-order valence-corrected chi connectivity index (χ1v) is 7.46. The number of fused-ring (bicyclic) bond motifs is 1.